The quantitative estimate of drug-likeness (QED) is 0.815. The van der Waals surface area contributed by atoms with Crippen molar-refractivity contribution in [2.24, 2.45) is 0 Å². The van der Waals surface area contributed by atoms with E-state index in [1.807, 2.05) is 6.07 Å². The van der Waals surface area contributed by atoms with E-state index in [0.717, 1.165) is 5.56 Å². The molecule has 7 heteroatoms. The van der Waals surface area contributed by atoms with Crippen LogP contribution in [0.15, 0.2) is 24.3 Å². The van der Waals surface area contributed by atoms with Gasteiger partial charge in [-0.1, -0.05) is 12.1 Å². The van der Waals surface area contributed by atoms with Crippen molar-refractivity contribution in [2.75, 3.05) is 26.2 Å². The predicted molar refractivity (Wildman–Crippen MR) is 83.3 cm³/mol. The zero-order valence-corrected chi connectivity index (χ0v) is 13.3. The van der Waals surface area contributed by atoms with Gasteiger partial charge < -0.3 is 14.9 Å². The lowest BCUT2D eigenvalue weighted by atomic mass is 10.0. The summed E-state index contributed by atoms with van der Waals surface area (Å²) in [4.78, 5) is 30.6. The number of benzene rings is 1. The summed E-state index contributed by atoms with van der Waals surface area (Å²) in [6.45, 7) is 2.38. The minimum Gasteiger partial charge on any atom is -0.391 e. The SMILES string of the molecule is O=C1[C@@H]2C[C@@H](O)CN2C(=O)[C@H]2CN(Cc3cccc(F)c3)CCN12. The number of hydrogen-bond donors (Lipinski definition) is 1. The first kappa shape index (κ1) is 15.5. The van der Waals surface area contributed by atoms with E-state index >= 15 is 0 Å². The maximum absolute atomic E-state index is 13.3. The lowest BCUT2D eigenvalue weighted by Gasteiger charge is -2.47. The van der Waals surface area contributed by atoms with Crippen molar-refractivity contribution >= 4 is 11.8 Å². The number of rotatable bonds is 2. The van der Waals surface area contributed by atoms with E-state index in [9.17, 15) is 19.1 Å². The predicted octanol–water partition coefficient (Wildman–Crippen LogP) is -0.186. The average Bonchev–Trinajstić information content (AvgIpc) is 2.95. The Morgan fingerprint density at radius 2 is 1.88 bits per heavy atom. The molecule has 24 heavy (non-hydrogen) atoms. The zero-order valence-electron chi connectivity index (χ0n) is 13.3. The molecule has 0 bridgehead atoms. The molecule has 0 aliphatic carbocycles. The highest BCUT2D eigenvalue weighted by Gasteiger charge is 2.51. The second-order valence-corrected chi connectivity index (χ2v) is 6.81. The Labute approximate surface area is 139 Å². The van der Waals surface area contributed by atoms with Gasteiger partial charge in [-0.05, 0) is 17.7 Å². The Morgan fingerprint density at radius 1 is 1.08 bits per heavy atom. The second-order valence-electron chi connectivity index (χ2n) is 6.81. The fourth-order valence-corrected chi connectivity index (χ4v) is 4.03. The standard InChI is InChI=1S/C17H20FN3O3/c18-12-3-1-2-11(6-12)8-19-4-5-20-15(10-19)17(24)21-9-13(22)7-14(21)16(20)23/h1-3,6,13-15,22H,4-5,7-10H2/t13-,14+,15-/m1/s1. The number of carbonyl (C=O) groups is 2. The van der Waals surface area contributed by atoms with Gasteiger partial charge in [-0.25, -0.2) is 4.39 Å². The first-order chi connectivity index (χ1) is 11.5. The molecular formula is C17H20FN3O3. The maximum Gasteiger partial charge on any atom is 0.247 e. The van der Waals surface area contributed by atoms with Crippen LogP contribution in [0.3, 0.4) is 0 Å². The van der Waals surface area contributed by atoms with Gasteiger partial charge >= 0.3 is 0 Å². The highest BCUT2D eigenvalue weighted by atomic mass is 19.1. The van der Waals surface area contributed by atoms with Gasteiger partial charge in [-0.2, -0.15) is 0 Å². The van der Waals surface area contributed by atoms with E-state index in [0.29, 0.717) is 32.6 Å². The normalized spacial score (nSPS) is 30.5. The van der Waals surface area contributed by atoms with Crippen molar-refractivity contribution in [1.82, 2.24) is 14.7 Å². The molecule has 3 atom stereocenters. The molecule has 4 rings (SSSR count). The average molecular weight is 333 g/mol. The van der Waals surface area contributed by atoms with E-state index in [1.54, 1.807) is 11.0 Å². The zero-order chi connectivity index (χ0) is 16.8. The smallest absolute Gasteiger partial charge is 0.247 e. The number of nitrogens with zero attached hydrogens (tertiary/aromatic N) is 3. The van der Waals surface area contributed by atoms with Crippen LogP contribution in [-0.4, -0.2) is 76.0 Å². The van der Waals surface area contributed by atoms with Crippen LogP contribution in [0.5, 0.6) is 0 Å². The summed E-state index contributed by atoms with van der Waals surface area (Å²) in [6.07, 6.45) is -0.284. The highest BCUT2D eigenvalue weighted by Crippen LogP contribution is 2.29. The molecule has 0 unspecified atom stereocenters. The summed E-state index contributed by atoms with van der Waals surface area (Å²) in [5, 5.41) is 9.79. The monoisotopic (exact) mass is 333 g/mol. The lowest BCUT2D eigenvalue weighted by molar-refractivity contribution is -0.163. The van der Waals surface area contributed by atoms with E-state index in [1.165, 1.54) is 17.0 Å². The van der Waals surface area contributed by atoms with Crippen LogP contribution in [-0.2, 0) is 16.1 Å². The van der Waals surface area contributed by atoms with E-state index in [4.69, 9.17) is 0 Å². The number of carbonyl (C=O) groups excluding carboxylic acids is 2. The van der Waals surface area contributed by atoms with Crippen LogP contribution in [0.1, 0.15) is 12.0 Å². The molecule has 3 fully saturated rings. The lowest BCUT2D eigenvalue weighted by Crippen LogP contribution is -2.68. The maximum atomic E-state index is 13.3. The number of halogens is 1. The molecule has 1 aromatic rings. The van der Waals surface area contributed by atoms with Gasteiger partial charge in [0.05, 0.1) is 6.10 Å². The van der Waals surface area contributed by atoms with Crippen molar-refractivity contribution in [1.29, 1.82) is 0 Å². The summed E-state index contributed by atoms with van der Waals surface area (Å²) < 4.78 is 13.3. The molecule has 0 aromatic heterocycles. The van der Waals surface area contributed by atoms with Crippen molar-refractivity contribution in [3.63, 3.8) is 0 Å². The van der Waals surface area contributed by atoms with Gasteiger partial charge in [-0.15, -0.1) is 0 Å². The van der Waals surface area contributed by atoms with Gasteiger partial charge in [0.15, 0.2) is 0 Å². The molecule has 0 radical (unpaired) electrons. The Hall–Kier alpha value is -1.99. The van der Waals surface area contributed by atoms with Crippen molar-refractivity contribution in [2.45, 2.75) is 31.2 Å². The molecule has 3 aliphatic heterocycles. The third-order valence-corrected chi connectivity index (χ3v) is 5.17. The Balaban J connectivity index is 1.50. The van der Waals surface area contributed by atoms with Gasteiger partial charge in [0.2, 0.25) is 11.8 Å². The summed E-state index contributed by atoms with van der Waals surface area (Å²) >= 11 is 0. The number of aliphatic hydroxyl groups excluding tert-OH is 1. The van der Waals surface area contributed by atoms with Crippen LogP contribution in [0, 0.1) is 5.82 Å². The fourth-order valence-electron chi connectivity index (χ4n) is 4.03. The van der Waals surface area contributed by atoms with Gasteiger partial charge in [0.25, 0.3) is 0 Å². The molecule has 0 saturated carbocycles. The molecule has 128 valence electrons. The molecule has 1 N–H and O–H groups in total. The van der Waals surface area contributed by atoms with Gasteiger partial charge in [-0.3, -0.25) is 14.5 Å². The largest absolute Gasteiger partial charge is 0.391 e. The minimum atomic E-state index is -0.618. The molecule has 2 amide bonds. The number of piperazine rings is 2. The number of hydrogen-bond acceptors (Lipinski definition) is 4. The molecule has 3 saturated heterocycles. The Kier molecular flexibility index (Phi) is 3.77. The van der Waals surface area contributed by atoms with Crippen molar-refractivity contribution in [3.8, 4) is 0 Å². The van der Waals surface area contributed by atoms with Crippen LogP contribution >= 0.6 is 0 Å². The number of fused-ring (bicyclic) bond motifs is 2. The fraction of sp³-hybridized carbons (Fsp3) is 0.529. The Bertz CT molecular complexity index is 683. The molecule has 0 spiro atoms. The Morgan fingerprint density at radius 3 is 2.67 bits per heavy atom. The summed E-state index contributed by atoms with van der Waals surface area (Å²) in [7, 11) is 0. The number of aliphatic hydroxyl groups is 1. The van der Waals surface area contributed by atoms with Gasteiger partial charge in [0.1, 0.15) is 17.9 Å². The third kappa shape index (κ3) is 2.57. The van der Waals surface area contributed by atoms with Crippen LogP contribution in [0.25, 0.3) is 0 Å². The topological polar surface area (TPSA) is 64.1 Å². The van der Waals surface area contributed by atoms with E-state index < -0.39 is 18.2 Å². The van der Waals surface area contributed by atoms with Crippen LogP contribution in [0.4, 0.5) is 4.39 Å². The van der Waals surface area contributed by atoms with Crippen LogP contribution < -0.4 is 0 Å². The first-order valence-corrected chi connectivity index (χ1v) is 8.29. The molecule has 3 aliphatic rings. The van der Waals surface area contributed by atoms with Crippen molar-refractivity contribution < 1.29 is 19.1 Å². The van der Waals surface area contributed by atoms with E-state index in [-0.39, 0.29) is 24.2 Å². The molecule has 3 heterocycles. The minimum absolute atomic E-state index is 0.0541. The van der Waals surface area contributed by atoms with E-state index in [2.05, 4.69) is 4.90 Å². The van der Waals surface area contributed by atoms with Crippen molar-refractivity contribution in [3.05, 3.63) is 35.6 Å². The van der Waals surface area contributed by atoms with Gasteiger partial charge in [0, 0.05) is 39.1 Å². The number of amides is 2. The molecule has 1 aromatic carbocycles. The second kappa shape index (κ2) is 5.82. The third-order valence-electron chi connectivity index (χ3n) is 5.17. The molecular weight excluding hydrogens is 313 g/mol. The molecule has 6 nitrogen and oxygen atoms in total. The van der Waals surface area contributed by atoms with Crippen LogP contribution in [0.2, 0.25) is 0 Å². The first-order valence-electron chi connectivity index (χ1n) is 8.29. The summed E-state index contributed by atoms with van der Waals surface area (Å²) in [5.74, 6) is -0.411. The summed E-state index contributed by atoms with van der Waals surface area (Å²) in [6, 6.07) is 5.43. The summed E-state index contributed by atoms with van der Waals surface area (Å²) in [5.41, 5.74) is 0.854. The highest BCUT2D eigenvalue weighted by molar-refractivity contribution is 5.97.